The van der Waals surface area contributed by atoms with Crippen LogP contribution in [0.4, 0.5) is 24.5 Å². The fourth-order valence-electron chi connectivity index (χ4n) is 5.92. The molecule has 1 amide bonds. The molecule has 0 aromatic heterocycles. The summed E-state index contributed by atoms with van der Waals surface area (Å²) in [6.07, 6.45) is -5.01. The van der Waals surface area contributed by atoms with E-state index in [-0.39, 0.29) is 23.5 Å². The summed E-state index contributed by atoms with van der Waals surface area (Å²) in [6, 6.07) is 8.80. The van der Waals surface area contributed by atoms with Gasteiger partial charge in [0.2, 0.25) is 5.91 Å². The van der Waals surface area contributed by atoms with Crippen LogP contribution >= 0.6 is 0 Å². The fourth-order valence-corrected chi connectivity index (χ4v) is 5.92. The Morgan fingerprint density at radius 1 is 1.16 bits per heavy atom. The molecule has 0 bridgehead atoms. The highest BCUT2D eigenvalue weighted by Crippen LogP contribution is 2.60. The van der Waals surface area contributed by atoms with Gasteiger partial charge in [-0.05, 0) is 30.2 Å². The van der Waals surface area contributed by atoms with Crippen LogP contribution < -0.4 is 4.90 Å². The number of amides is 1. The number of non-ortho nitro benzene ring substituents is 1. The average molecular weight is 514 g/mol. The van der Waals surface area contributed by atoms with E-state index in [2.05, 4.69) is 4.99 Å². The molecule has 2 aromatic carbocycles. The Morgan fingerprint density at radius 2 is 1.81 bits per heavy atom. The highest BCUT2D eigenvalue weighted by Gasteiger charge is 2.68. The molecule has 3 aliphatic heterocycles. The Labute approximate surface area is 209 Å². The first-order valence-corrected chi connectivity index (χ1v) is 11.3. The van der Waals surface area contributed by atoms with Gasteiger partial charge in [0.15, 0.2) is 0 Å². The minimum absolute atomic E-state index is 0.00611. The van der Waals surface area contributed by atoms with Gasteiger partial charge in [0.1, 0.15) is 11.9 Å². The number of likely N-dealkylation sites (N-methyl/N-ethyl adjacent to an activating group) is 1. The van der Waals surface area contributed by atoms with Crippen LogP contribution in [-0.4, -0.2) is 60.0 Å². The zero-order valence-electron chi connectivity index (χ0n) is 19.9. The molecule has 0 saturated carbocycles. The molecule has 0 N–H and O–H groups in total. The summed E-state index contributed by atoms with van der Waals surface area (Å²) in [5.74, 6) is -1.33. The van der Waals surface area contributed by atoms with Gasteiger partial charge in [0, 0.05) is 37.4 Å². The van der Waals surface area contributed by atoms with Crippen LogP contribution in [0.15, 0.2) is 59.1 Å². The number of esters is 1. The standard InChI is InChI=1S/C25H21F3N4O5/c1-13(33)31-18(22(34)37-3)12-24-16-6-4-5-7-17(16)30(2)21(24)19(25(26,27)28)20(29-23(24)31)14-8-10-15(11-9-14)32(35)36/h4-11,18,21H,12H2,1-3H3/t18-,21?,24-/m0/s1. The summed E-state index contributed by atoms with van der Waals surface area (Å²) in [4.78, 5) is 43.2. The van der Waals surface area contributed by atoms with Crippen molar-refractivity contribution in [3.8, 4) is 0 Å². The summed E-state index contributed by atoms with van der Waals surface area (Å²) in [6.45, 7) is 1.21. The van der Waals surface area contributed by atoms with E-state index < -0.39 is 51.7 Å². The third kappa shape index (κ3) is 3.35. The molecule has 1 spiro atoms. The van der Waals surface area contributed by atoms with Gasteiger partial charge in [0.25, 0.3) is 5.69 Å². The quantitative estimate of drug-likeness (QED) is 0.350. The van der Waals surface area contributed by atoms with Gasteiger partial charge >= 0.3 is 12.1 Å². The molecule has 0 radical (unpaired) electrons. The number of methoxy groups -OCH3 is 1. The van der Waals surface area contributed by atoms with Gasteiger partial charge in [-0.25, -0.2) is 9.79 Å². The average Bonchev–Trinajstić information content (AvgIpc) is 3.34. The lowest BCUT2D eigenvalue weighted by molar-refractivity contribution is -0.384. The molecule has 3 heterocycles. The molecular formula is C25H21F3N4O5. The van der Waals surface area contributed by atoms with Gasteiger partial charge in [-0.1, -0.05) is 18.2 Å². The molecule has 2 aromatic rings. The van der Waals surface area contributed by atoms with Crippen molar-refractivity contribution in [2.45, 2.75) is 37.0 Å². The number of anilines is 1. The van der Waals surface area contributed by atoms with E-state index >= 15 is 0 Å². The Bertz CT molecular complexity index is 1400. The number of aliphatic imine (C=N–C) groups is 1. The number of alkyl halides is 3. The molecular weight excluding hydrogens is 493 g/mol. The Morgan fingerprint density at radius 3 is 2.38 bits per heavy atom. The van der Waals surface area contributed by atoms with Crippen molar-refractivity contribution in [3.63, 3.8) is 0 Å². The van der Waals surface area contributed by atoms with Gasteiger partial charge in [-0.15, -0.1) is 0 Å². The molecule has 3 aliphatic rings. The maximum absolute atomic E-state index is 14.9. The van der Waals surface area contributed by atoms with Gasteiger partial charge in [0.05, 0.1) is 34.8 Å². The van der Waals surface area contributed by atoms with E-state index in [0.29, 0.717) is 11.3 Å². The SMILES string of the molecule is COC(=O)[C@@H]1C[C@@]23C(=NC(c4ccc([N+](=O)[O-])cc4)=C(C(F)(F)F)C2N(C)c2ccccc23)N1C(C)=O. The number of benzene rings is 2. The van der Waals surface area contributed by atoms with Crippen molar-refractivity contribution in [2.24, 2.45) is 4.99 Å². The van der Waals surface area contributed by atoms with Crippen molar-refractivity contribution < 1.29 is 32.4 Å². The van der Waals surface area contributed by atoms with Crippen LogP contribution in [0.3, 0.4) is 0 Å². The molecule has 1 unspecified atom stereocenters. The van der Waals surface area contributed by atoms with Gasteiger partial charge in [-0.3, -0.25) is 19.8 Å². The predicted octanol–water partition coefficient (Wildman–Crippen LogP) is 3.83. The number of carbonyl (C=O) groups excluding carboxylic acids is 2. The number of hydrogen-bond acceptors (Lipinski definition) is 7. The number of hydrogen-bond donors (Lipinski definition) is 0. The zero-order valence-corrected chi connectivity index (χ0v) is 19.9. The van der Waals surface area contributed by atoms with Crippen LogP contribution in [0, 0.1) is 10.1 Å². The number of para-hydroxylation sites is 1. The van der Waals surface area contributed by atoms with E-state index in [9.17, 15) is 32.9 Å². The minimum Gasteiger partial charge on any atom is -0.467 e. The third-order valence-corrected chi connectivity index (χ3v) is 7.29. The number of ether oxygens (including phenoxy) is 1. The summed E-state index contributed by atoms with van der Waals surface area (Å²) in [5, 5.41) is 11.1. The number of fused-ring (bicyclic) bond motifs is 1. The predicted molar refractivity (Wildman–Crippen MR) is 127 cm³/mol. The topological polar surface area (TPSA) is 105 Å². The summed E-state index contributed by atoms with van der Waals surface area (Å²) >= 11 is 0. The molecule has 192 valence electrons. The van der Waals surface area contributed by atoms with E-state index in [1.165, 1.54) is 31.0 Å². The lowest BCUT2D eigenvalue weighted by Crippen LogP contribution is -2.55. The first kappa shape index (κ1) is 24.5. The summed E-state index contributed by atoms with van der Waals surface area (Å²) in [7, 11) is 2.68. The second kappa shape index (κ2) is 8.15. The molecule has 5 rings (SSSR count). The second-order valence-corrected chi connectivity index (χ2v) is 9.13. The lowest BCUT2D eigenvalue weighted by atomic mass is 9.69. The number of carbonyl (C=O) groups is 2. The maximum atomic E-state index is 14.9. The van der Waals surface area contributed by atoms with E-state index in [1.807, 2.05) is 0 Å². The van der Waals surface area contributed by atoms with Crippen LogP contribution in [0.25, 0.3) is 5.70 Å². The van der Waals surface area contributed by atoms with Crippen molar-refractivity contribution in [3.05, 3.63) is 75.3 Å². The van der Waals surface area contributed by atoms with E-state index in [4.69, 9.17) is 4.74 Å². The Kier molecular flexibility index (Phi) is 5.39. The molecule has 1 saturated heterocycles. The highest BCUT2D eigenvalue weighted by molar-refractivity contribution is 6.14. The molecule has 0 aliphatic carbocycles. The van der Waals surface area contributed by atoms with Crippen LogP contribution in [-0.2, 0) is 19.7 Å². The smallest absolute Gasteiger partial charge is 0.416 e. The van der Waals surface area contributed by atoms with Gasteiger partial charge in [-0.2, -0.15) is 13.2 Å². The highest BCUT2D eigenvalue weighted by atomic mass is 19.4. The molecule has 3 atom stereocenters. The molecule has 9 nitrogen and oxygen atoms in total. The number of amidine groups is 1. The minimum atomic E-state index is -4.86. The van der Waals surface area contributed by atoms with Crippen LogP contribution in [0.5, 0.6) is 0 Å². The Balaban J connectivity index is 1.86. The first-order chi connectivity index (χ1) is 17.4. The third-order valence-electron chi connectivity index (χ3n) is 7.29. The summed E-state index contributed by atoms with van der Waals surface area (Å²) < 4.78 is 49.7. The van der Waals surface area contributed by atoms with Crippen molar-refractivity contribution in [1.82, 2.24) is 4.90 Å². The van der Waals surface area contributed by atoms with Crippen molar-refractivity contribution in [1.29, 1.82) is 0 Å². The number of halogens is 3. The number of likely N-dealkylation sites (tertiary alicyclic amines) is 1. The van der Waals surface area contributed by atoms with Crippen LogP contribution in [0.1, 0.15) is 24.5 Å². The second-order valence-electron chi connectivity index (χ2n) is 9.13. The van der Waals surface area contributed by atoms with Crippen molar-refractivity contribution >= 4 is 34.8 Å². The normalized spacial score (nSPS) is 24.3. The number of rotatable bonds is 3. The fraction of sp³-hybridized carbons (Fsp3) is 0.320. The monoisotopic (exact) mass is 514 g/mol. The maximum Gasteiger partial charge on any atom is 0.416 e. The van der Waals surface area contributed by atoms with Crippen LogP contribution in [0.2, 0.25) is 0 Å². The summed E-state index contributed by atoms with van der Waals surface area (Å²) in [5.41, 5.74) is -2.16. The molecule has 37 heavy (non-hydrogen) atoms. The lowest BCUT2D eigenvalue weighted by Gasteiger charge is -2.41. The number of nitrogens with zero attached hydrogens (tertiary/aromatic N) is 4. The number of nitro benzene ring substituents is 1. The van der Waals surface area contributed by atoms with Crippen molar-refractivity contribution in [2.75, 3.05) is 19.1 Å². The Hall–Kier alpha value is -4.22. The first-order valence-electron chi connectivity index (χ1n) is 11.3. The number of nitro groups is 1. The molecule has 12 heteroatoms. The van der Waals surface area contributed by atoms with E-state index in [1.54, 1.807) is 24.3 Å². The zero-order chi connectivity index (χ0) is 26.9. The molecule has 1 fully saturated rings. The van der Waals surface area contributed by atoms with E-state index in [0.717, 1.165) is 24.1 Å². The largest absolute Gasteiger partial charge is 0.467 e. The van der Waals surface area contributed by atoms with Gasteiger partial charge < -0.3 is 9.64 Å².